The van der Waals surface area contributed by atoms with Crippen molar-refractivity contribution in [2.45, 2.75) is 40.1 Å². The summed E-state index contributed by atoms with van der Waals surface area (Å²) in [5.74, 6) is 0. The summed E-state index contributed by atoms with van der Waals surface area (Å²) >= 11 is 0. The molecule has 0 bridgehead atoms. The monoisotopic (exact) mass is 300 g/mol. The number of benzene rings is 1. The molecule has 2 unspecified atom stereocenters. The molecule has 0 saturated carbocycles. The first-order valence-electron chi connectivity index (χ1n) is 6.46. The lowest BCUT2D eigenvalue weighted by Gasteiger charge is -2.08. The van der Waals surface area contributed by atoms with E-state index in [4.69, 9.17) is 20.7 Å². The van der Waals surface area contributed by atoms with Gasteiger partial charge in [-0.3, -0.25) is 0 Å². The van der Waals surface area contributed by atoms with Crippen molar-refractivity contribution < 1.29 is 19.7 Å². The minimum Gasteiger partial charge on any atom is -0.445 e. The second-order valence-electron chi connectivity index (χ2n) is 4.38. The molecule has 1 rings (SSSR count). The third kappa shape index (κ3) is 14.6. The van der Waals surface area contributed by atoms with E-state index >= 15 is 0 Å². The van der Waals surface area contributed by atoms with Gasteiger partial charge in [0.05, 0.1) is 12.2 Å². The summed E-state index contributed by atoms with van der Waals surface area (Å²) < 4.78 is 4.92. The van der Waals surface area contributed by atoms with Crippen molar-refractivity contribution in [1.29, 1.82) is 0 Å². The quantitative estimate of drug-likeness (QED) is 0.655. The van der Waals surface area contributed by atoms with Gasteiger partial charge in [0.2, 0.25) is 0 Å². The topological polar surface area (TPSA) is 105 Å². The maximum atomic E-state index is 11.1. The van der Waals surface area contributed by atoms with Crippen molar-refractivity contribution in [3.63, 3.8) is 0 Å². The summed E-state index contributed by atoms with van der Waals surface area (Å²) in [4.78, 5) is 11.1. The summed E-state index contributed by atoms with van der Waals surface area (Å²) in [5.41, 5.74) is 5.86. The Balaban J connectivity index is 0. The number of rotatable bonds is 5. The van der Waals surface area contributed by atoms with Gasteiger partial charge in [-0.05, 0) is 19.4 Å². The number of nitrogens with one attached hydrogen (secondary N) is 1. The molecule has 1 amide bonds. The van der Waals surface area contributed by atoms with E-state index in [1.54, 1.807) is 13.8 Å². The molecule has 122 valence electrons. The van der Waals surface area contributed by atoms with Crippen LogP contribution in [0.3, 0.4) is 0 Å². The van der Waals surface area contributed by atoms with E-state index < -0.39 is 12.2 Å². The maximum Gasteiger partial charge on any atom is 0.407 e. The molecule has 1 aromatic carbocycles. The van der Waals surface area contributed by atoms with Crippen molar-refractivity contribution in [3.8, 4) is 0 Å². The van der Waals surface area contributed by atoms with Crippen LogP contribution in [0.2, 0.25) is 0 Å². The second kappa shape index (κ2) is 13.4. The largest absolute Gasteiger partial charge is 0.445 e. The first-order valence-corrected chi connectivity index (χ1v) is 6.46. The average molecular weight is 300 g/mol. The van der Waals surface area contributed by atoms with Crippen LogP contribution in [0, 0.1) is 0 Å². The van der Waals surface area contributed by atoms with Crippen LogP contribution in [0.5, 0.6) is 0 Å². The van der Waals surface area contributed by atoms with Gasteiger partial charge in [-0.2, -0.15) is 0 Å². The molecule has 0 saturated heterocycles. The van der Waals surface area contributed by atoms with Crippen LogP contribution in [-0.4, -0.2) is 41.6 Å². The van der Waals surface area contributed by atoms with Gasteiger partial charge in [0.15, 0.2) is 0 Å². The van der Waals surface area contributed by atoms with Crippen LogP contribution >= 0.6 is 0 Å². The number of nitrogens with two attached hydrogens (primary N) is 1. The van der Waals surface area contributed by atoms with Crippen molar-refractivity contribution in [2.75, 3.05) is 13.1 Å². The average Bonchev–Trinajstić information content (AvgIpc) is 2.44. The number of aliphatic hydroxyl groups is 2. The predicted molar refractivity (Wildman–Crippen MR) is 83.8 cm³/mol. The van der Waals surface area contributed by atoms with Crippen LogP contribution in [0.1, 0.15) is 26.8 Å². The van der Waals surface area contributed by atoms with E-state index in [2.05, 4.69) is 5.32 Å². The van der Waals surface area contributed by atoms with Gasteiger partial charge in [0.25, 0.3) is 0 Å². The minimum absolute atomic E-state index is 0. The molecule has 0 aliphatic carbocycles. The van der Waals surface area contributed by atoms with E-state index in [9.17, 15) is 4.79 Å². The van der Waals surface area contributed by atoms with Crippen molar-refractivity contribution in [1.82, 2.24) is 5.32 Å². The zero-order chi connectivity index (χ0) is 15.4. The summed E-state index contributed by atoms with van der Waals surface area (Å²) in [6.07, 6.45) is -1.41. The maximum absolute atomic E-state index is 11.1. The van der Waals surface area contributed by atoms with E-state index in [1.165, 1.54) is 0 Å². The fourth-order valence-electron chi connectivity index (χ4n) is 1.01. The minimum atomic E-state index is -0.561. The Morgan fingerprint density at radius 3 is 2.19 bits per heavy atom. The smallest absolute Gasteiger partial charge is 0.407 e. The van der Waals surface area contributed by atoms with E-state index in [0.717, 1.165) is 5.56 Å². The van der Waals surface area contributed by atoms with Gasteiger partial charge in [0.1, 0.15) is 6.61 Å². The van der Waals surface area contributed by atoms with Gasteiger partial charge in [-0.1, -0.05) is 37.8 Å². The molecular formula is C15H28N2O4. The highest BCUT2D eigenvalue weighted by atomic mass is 16.5. The Labute approximate surface area is 126 Å². The Hall–Kier alpha value is -1.63. The van der Waals surface area contributed by atoms with Crippen molar-refractivity contribution in [3.05, 3.63) is 35.9 Å². The number of aliphatic hydroxyl groups excluding tert-OH is 2. The van der Waals surface area contributed by atoms with E-state index in [-0.39, 0.29) is 26.7 Å². The lowest BCUT2D eigenvalue weighted by molar-refractivity contribution is 0.129. The molecule has 5 N–H and O–H groups in total. The first-order chi connectivity index (χ1) is 9.45. The van der Waals surface area contributed by atoms with E-state index in [1.807, 2.05) is 30.3 Å². The predicted octanol–water partition coefficient (Wildman–Crippen LogP) is 1.26. The summed E-state index contributed by atoms with van der Waals surface area (Å²) in [7, 11) is 0. The highest BCUT2D eigenvalue weighted by Gasteiger charge is 2.03. The van der Waals surface area contributed by atoms with Crippen LogP contribution in [0.4, 0.5) is 4.79 Å². The zero-order valence-corrected chi connectivity index (χ0v) is 12.0. The van der Waals surface area contributed by atoms with Gasteiger partial charge in [-0.15, -0.1) is 0 Å². The number of carbonyl (C=O) groups is 1. The molecule has 6 nitrogen and oxygen atoms in total. The number of hydrogen-bond donors (Lipinski definition) is 4. The zero-order valence-electron chi connectivity index (χ0n) is 12.0. The summed E-state index contributed by atoms with van der Waals surface area (Å²) in [5, 5.41) is 19.6. The van der Waals surface area contributed by atoms with Gasteiger partial charge < -0.3 is 26.0 Å². The first kappa shape index (κ1) is 21.7. The molecule has 21 heavy (non-hydrogen) atoms. The summed E-state index contributed by atoms with van der Waals surface area (Å²) in [6, 6.07) is 9.42. The van der Waals surface area contributed by atoms with Crippen LogP contribution in [0.15, 0.2) is 30.3 Å². The summed E-state index contributed by atoms with van der Waals surface area (Å²) in [6.45, 7) is 4.05. The SMILES string of the molecule is C.CC(O)CN.CC(O)CNC(=O)OCc1ccccc1. The fraction of sp³-hybridized carbons (Fsp3) is 0.533. The molecule has 0 spiro atoms. The van der Waals surface area contributed by atoms with Crippen molar-refractivity contribution >= 4 is 6.09 Å². The Bertz CT molecular complexity index is 356. The number of alkyl carbamates (subject to hydrolysis) is 1. The molecule has 1 aromatic rings. The third-order valence-corrected chi connectivity index (χ3v) is 2.10. The molecule has 0 aliphatic heterocycles. The number of carbonyl (C=O) groups excluding carboxylic acids is 1. The van der Waals surface area contributed by atoms with Crippen LogP contribution in [-0.2, 0) is 11.3 Å². The van der Waals surface area contributed by atoms with E-state index in [0.29, 0.717) is 6.54 Å². The molecule has 0 heterocycles. The van der Waals surface area contributed by atoms with Gasteiger partial charge in [-0.25, -0.2) is 4.79 Å². The molecule has 0 radical (unpaired) electrons. The number of ether oxygens (including phenoxy) is 1. The molecular weight excluding hydrogens is 272 g/mol. The number of hydrogen-bond acceptors (Lipinski definition) is 5. The second-order valence-corrected chi connectivity index (χ2v) is 4.38. The molecule has 2 atom stereocenters. The Morgan fingerprint density at radius 2 is 1.76 bits per heavy atom. The standard InChI is InChI=1S/C11H15NO3.C3H9NO.CH4/c1-9(13)7-12-11(14)15-8-10-5-3-2-4-6-10;1-3(5)2-4;/h2-6,9,13H,7-8H2,1H3,(H,12,14);3,5H,2,4H2,1H3;1H4. The normalized spacial score (nSPS) is 12.0. The van der Waals surface area contributed by atoms with Crippen LogP contribution < -0.4 is 11.1 Å². The van der Waals surface area contributed by atoms with Crippen molar-refractivity contribution in [2.24, 2.45) is 5.73 Å². The number of amides is 1. The Kier molecular flexibility index (Phi) is 13.8. The fourth-order valence-corrected chi connectivity index (χ4v) is 1.01. The Morgan fingerprint density at radius 1 is 1.24 bits per heavy atom. The van der Waals surface area contributed by atoms with Crippen LogP contribution in [0.25, 0.3) is 0 Å². The lowest BCUT2D eigenvalue weighted by Crippen LogP contribution is -2.30. The third-order valence-electron chi connectivity index (χ3n) is 2.10. The molecule has 6 heteroatoms. The highest BCUT2D eigenvalue weighted by Crippen LogP contribution is 2.00. The highest BCUT2D eigenvalue weighted by molar-refractivity contribution is 5.67. The van der Waals surface area contributed by atoms with Gasteiger partial charge >= 0.3 is 6.09 Å². The molecule has 0 aromatic heterocycles. The molecule has 0 fully saturated rings. The lowest BCUT2D eigenvalue weighted by atomic mass is 10.2. The molecule has 0 aliphatic rings. The van der Waals surface area contributed by atoms with Gasteiger partial charge in [0, 0.05) is 13.1 Å².